The standard InChI is InChI=1S/C20H31N3/c1-3-5-7-11-14-18(21-15-6-4-2)20-22-16-19(23-20)17-12-9-8-10-13-17/h8-10,12-13,16,18,21H,3-7,11,14-15H2,1-2H3,(H,22,23)/t18-/m1/s1. The van der Waals surface area contributed by atoms with Crippen molar-refractivity contribution in [1.82, 2.24) is 15.3 Å². The van der Waals surface area contributed by atoms with E-state index in [1.165, 1.54) is 44.1 Å². The molecule has 0 aliphatic carbocycles. The van der Waals surface area contributed by atoms with Crippen molar-refractivity contribution in [2.45, 2.75) is 64.8 Å². The minimum absolute atomic E-state index is 0.343. The number of benzene rings is 1. The van der Waals surface area contributed by atoms with Gasteiger partial charge in [0, 0.05) is 11.8 Å². The predicted molar refractivity (Wildman–Crippen MR) is 98.4 cm³/mol. The molecule has 0 saturated carbocycles. The summed E-state index contributed by atoms with van der Waals surface area (Å²) in [6, 6.07) is 10.7. The second-order valence-corrected chi connectivity index (χ2v) is 6.25. The van der Waals surface area contributed by atoms with Crippen molar-refractivity contribution < 1.29 is 0 Å². The van der Waals surface area contributed by atoms with Crippen LogP contribution in [0.5, 0.6) is 0 Å². The van der Waals surface area contributed by atoms with E-state index in [2.05, 4.69) is 48.4 Å². The Labute approximate surface area is 140 Å². The number of imidazole rings is 1. The summed E-state index contributed by atoms with van der Waals surface area (Å²) in [7, 11) is 0. The van der Waals surface area contributed by atoms with Crippen molar-refractivity contribution in [2.75, 3.05) is 6.54 Å². The van der Waals surface area contributed by atoms with E-state index in [-0.39, 0.29) is 0 Å². The van der Waals surface area contributed by atoms with Crippen LogP contribution in [0.25, 0.3) is 11.3 Å². The van der Waals surface area contributed by atoms with Crippen molar-refractivity contribution in [3.8, 4) is 11.3 Å². The van der Waals surface area contributed by atoms with Crippen LogP contribution in [0.4, 0.5) is 0 Å². The fraction of sp³-hybridized carbons (Fsp3) is 0.550. The van der Waals surface area contributed by atoms with Gasteiger partial charge in [0.15, 0.2) is 0 Å². The molecule has 126 valence electrons. The number of aromatic nitrogens is 2. The average molecular weight is 313 g/mol. The Morgan fingerprint density at radius 2 is 1.78 bits per heavy atom. The molecule has 0 spiro atoms. The summed E-state index contributed by atoms with van der Waals surface area (Å²) < 4.78 is 0. The zero-order valence-electron chi connectivity index (χ0n) is 14.6. The highest BCUT2D eigenvalue weighted by molar-refractivity contribution is 5.58. The van der Waals surface area contributed by atoms with Gasteiger partial charge in [-0.1, -0.05) is 76.3 Å². The van der Waals surface area contributed by atoms with Gasteiger partial charge in [-0.25, -0.2) is 4.98 Å². The molecule has 0 bridgehead atoms. The van der Waals surface area contributed by atoms with Gasteiger partial charge in [0.2, 0.25) is 0 Å². The molecule has 2 aromatic rings. The van der Waals surface area contributed by atoms with E-state index in [4.69, 9.17) is 4.98 Å². The fourth-order valence-electron chi connectivity index (χ4n) is 2.84. The number of nitrogens with one attached hydrogen (secondary N) is 2. The second kappa shape index (κ2) is 10.2. The minimum atomic E-state index is 0.343. The van der Waals surface area contributed by atoms with Crippen LogP contribution in [0.15, 0.2) is 36.5 Å². The second-order valence-electron chi connectivity index (χ2n) is 6.25. The van der Waals surface area contributed by atoms with Crippen LogP contribution in [-0.2, 0) is 0 Å². The van der Waals surface area contributed by atoms with E-state index in [1.54, 1.807) is 0 Å². The highest BCUT2D eigenvalue weighted by Gasteiger charge is 2.14. The first kappa shape index (κ1) is 17.7. The maximum atomic E-state index is 4.84. The summed E-state index contributed by atoms with van der Waals surface area (Å²) in [5.74, 6) is 1.08. The minimum Gasteiger partial charge on any atom is -0.347 e. The molecule has 0 amide bonds. The third kappa shape index (κ3) is 5.83. The number of unbranched alkanes of at least 4 members (excludes halogenated alkanes) is 4. The quantitative estimate of drug-likeness (QED) is 0.539. The van der Waals surface area contributed by atoms with Crippen molar-refractivity contribution in [1.29, 1.82) is 0 Å². The van der Waals surface area contributed by atoms with Crippen molar-refractivity contribution in [2.24, 2.45) is 0 Å². The van der Waals surface area contributed by atoms with E-state index in [0.29, 0.717) is 6.04 Å². The van der Waals surface area contributed by atoms with Gasteiger partial charge in [-0.15, -0.1) is 0 Å². The number of hydrogen-bond acceptors (Lipinski definition) is 2. The monoisotopic (exact) mass is 313 g/mol. The maximum Gasteiger partial charge on any atom is 0.124 e. The van der Waals surface area contributed by atoms with Crippen LogP contribution in [-0.4, -0.2) is 16.5 Å². The number of aromatic amines is 1. The number of nitrogens with zero attached hydrogens (tertiary/aromatic N) is 1. The van der Waals surface area contributed by atoms with E-state index in [9.17, 15) is 0 Å². The first-order valence-electron chi connectivity index (χ1n) is 9.19. The lowest BCUT2D eigenvalue weighted by Gasteiger charge is -2.16. The fourth-order valence-corrected chi connectivity index (χ4v) is 2.84. The molecular weight excluding hydrogens is 282 g/mol. The molecule has 0 unspecified atom stereocenters. The first-order chi connectivity index (χ1) is 11.3. The van der Waals surface area contributed by atoms with Gasteiger partial charge in [0.1, 0.15) is 5.82 Å². The van der Waals surface area contributed by atoms with Crippen LogP contribution >= 0.6 is 0 Å². The average Bonchev–Trinajstić information content (AvgIpc) is 3.08. The highest BCUT2D eigenvalue weighted by Crippen LogP contribution is 2.22. The van der Waals surface area contributed by atoms with Crippen molar-refractivity contribution in [3.63, 3.8) is 0 Å². The van der Waals surface area contributed by atoms with Crippen LogP contribution in [0.2, 0.25) is 0 Å². The summed E-state index contributed by atoms with van der Waals surface area (Å²) in [4.78, 5) is 8.24. The van der Waals surface area contributed by atoms with E-state index in [0.717, 1.165) is 24.5 Å². The molecule has 0 radical (unpaired) electrons. The van der Waals surface area contributed by atoms with E-state index < -0.39 is 0 Å². The Hall–Kier alpha value is -1.61. The maximum absolute atomic E-state index is 4.84. The Bertz CT molecular complexity index is 533. The van der Waals surface area contributed by atoms with Gasteiger partial charge < -0.3 is 10.3 Å². The predicted octanol–water partition coefficient (Wildman–Crippen LogP) is 5.48. The number of H-pyrrole nitrogens is 1. The number of hydrogen-bond donors (Lipinski definition) is 2. The van der Waals surface area contributed by atoms with Crippen LogP contribution in [0.1, 0.15) is 70.7 Å². The van der Waals surface area contributed by atoms with Crippen molar-refractivity contribution >= 4 is 0 Å². The molecule has 1 aromatic carbocycles. The molecule has 1 aromatic heterocycles. The van der Waals surface area contributed by atoms with Crippen LogP contribution in [0, 0.1) is 0 Å². The van der Waals surface area contributed by atoms with Crippen LogP contribution in [0.3, 0.4) is 0 Å². The van der Waals surface area contributed by atoms with Gasteiger partial charge in [0.25, 0.3) is 0 Å². The van der Waals surface area contributed by atoms with E-state index in [1.807, 2.05) is 12.3 Å². The first-order valence-corrected chi connectivity index (χ1v) is 9.19. The molecule has 23 heavy (non-hydrogen) atoms. The van der Waals surface area contributed by atoms with Crippen LogP contribution < -0.4 is 5.32 Å². The summed E-state index contributed by atoms with van der Waals surface area (Å²) >= 11 is 0. The number of rotatable bonds is 11. The molecule has 1 heterocycles. The summed E-state index contributed by atoms with van der Waals surface area (Å²) in [6.45, 7) is 5.56. The third-order valence-corrected chi connectivity index (χ3v) is 4.26. The molecule has 2 N–H and O–H groups in total. The largest absolute Gasteiger partial charge is 0.347 e. The molecule has 0 saturated heterocycles. The van der Waals surface area contributed by atoms with Gasteiger partial charge >= 0.3 is 0 Å². The normalized spacial score (nSPS) is 12.4. The summed E-state index contributed by atoms with van der Waals surface area (Å²) in [5, 5.41) is 3.68. The Kier molecular flexibility index (Phi) is 7.88. The lowest BCUT2D eigenvalue weighted by molar-refractivity contribution is 0.449. The molecule has 0 aliphatic rings. The highest BCUT2D eigenvalue weighted by atomic mass is 15.0. The Morgan fingerprint density at radius 1 is 1.00 bits per heavy atom. The molecule has 1 atom stereocenters. The molecule has 0 fully saturated rings. The van der Waals surface area contributed by atoms with Gasteiger partial charge in [-0.2, -0.15) is 0 Å². The molecule has 3 heteroatoms. The lowest BCUT2D eigenvalue weighted by atomic mass is 10.1. The van der Waals surface area contributed by atoms with Gasteiger partial charge in [0.05, 0.1) is 11.7 Å². The Morgan fingerprint density at radius 3 is 2.52 bits per heavy atom. The molecule has 2 rings (SSSR count). The Balaban J connectivity index is 2.00. The zero-order chi connectivity index (χ0) is 16.3. The van der Waals surface area contributed by atoms with Gasteiger partial charge in [-0.05, 0) is 19.4 Å². The SMILES string of the molecule is CCCCCC[C@@H](NCCCC)c1nc(-c2ccccc2)c[nH]1. The third-order valence-electron chi connectivity index (χ3n) is 4.26. The van der Waals surface area contributed by atoms with Crippen molar-refractivity contribution in [3.05, 3.63) is 42.4 Å². The summed E-state index contributed by atoms with van der Waals surface area (Å²) in [6.07, 6.45) is 10.8. The topological polar surface area (TPSA) is 40.7 Å². The zero-order valence-corrected chi connectivity index (χ0v) is 14.6. The molecule has 0 aliphatic heterocycles. The smallest absolute Gasteiger partial charge is 0.124 e. The summed E-state index contributed by atoms with van der Waals surface area (Å²) in [5.41, 5.74) is 2.21. The van der Waals surface area contributed by atoms with E-state index >= 15 is 0 Å². The molecular formula is C20H31N3. The lowest BCUT2D eigenvalue weighted by Crippen LogP contribution is -2.23. The van der Waals surface area contributed by atoms with Gasteiger partial charge in [-0.3, -0.25) is 0 Å². The molecule has 3 nitrogen and oxygen atoms in total.